The molecule has 2 aliphatic rings. The number of fused-ring (bicyclic) bond motifs is 1. The van der Waals surface area contributed by atoms with Crippen molar-refractivity contribution >= 4 is 0 Å². The maximum absolute atomic E-state index is 9.61. The molecule has 15 heavy (non-hydrogen) atoms. The Morgan fingerprint density at radius 3 is 3.07 bits per heavy atom. The highest BCUT2D eigenvalue weighted by Crippen LogP contribution is 2.34. The Labute approximate surface area is 91.9 Å². The molecular weight excluding hydrogens is 188 g/mol. The van der Waals surface area contributed by atoms with Crippen LogP contribution in [0.1, 0.15) is 32.1 Å². The first-order chi connectivity index (χ1) is 7.31. The van der Waals surface area contributed by atoms with Crippen LogP contribution in [0.5, 0.6) is 0 Å². The molecular formula is C12H22N2O. The van der Waals surface area contributed by atoms with Crippen molar-refractivity contribution in [2.24, 2.45) is 11.7 Å². The van der Waals surface area contributed by atoms with E-state index in [4.69, 9.17) is 5.73 Å². The lowest BCUT2D eigenvalue weighted by Crippen LogP contribution is -2.41. The molecule has 0 aromatic carbocycles. The molecule has 3 heteroatoms. The second kappa shape index (κ2) is 4.99. The lowest BCUT2D eigenvalue weighted by Gasteiger charge is -2.40. The van der Waals surface area contributed by atoms with E-state index in [1.165, 1.54) is 37.8 Å². The second-order valence-corrected chi connectivity index (χ2v) is 4.73. The Morgan fingerprint density at radius 2 is 2.27 bits per heavy atom. The molecule has 86 valence electrons. The van der Waals surface area contributed by atoms with Gasteiger partial charge in [0.1, 0.15) is 0 Å². The van der Waals surface area contributed by atoms with Gasteiger partial charge >= 0.3 is 0 Å². The minimum Gasteiger partial charge on any atom is -0.390 e. The molecule has 0 saturated carbocycles. The summed E-state index contributed by atoms with van der Waals surface area (Å²) in [6.45, 7) is 2.19. The van der Waals surface area contributed by atoms with Gasteiger partial charge in [-0.15, -0.1) is 0 Å². The predicted molar refractivity (Wildman–Crippen MR) is 61.3 cm³/mol. The van der Waals surface area contributed by atoms with Crippen molar-refractivity contribution in [2.45, 2.75) is 38.2 Å². The number of hydrogen-bond donors (Lipinski definition) is 2. The summed E-state index contributed by atoms with van der Waals surface area (Å²) < 4.78 is 0. The Morgan fingerprint density at radius 1 is 1.47 bits per heavy atom. The zero-order valence-corrected chi connectivity index (χ0v) is 9.36. The molecule has 1 aliphatic carbocycles. The molecule has 2 atom stereocenters. The monoisotopic (exact) mass is 210 g/mol. The number of aliphatic hydroxyl groups is 1. The smallest absolute Gasteiger partial charge is 0.0836 e. The van der Waals surface area contributed by atoms with E-state index in [9.17, 15) is 5.11 Å². The maximum Gasteiger partial charge on any atom is 0.0836 e. The van der Waals surface area contributed by atoms with Crippen LogP contribution < -0.4 is 5.73 Å². The first kappa shape index (κ1) is 11.0. The standard InChI is InChI=1S/C12H22N2O/c13-8-11(15)9-14-7-3-5-10-4-1-2-6-12(10)14/h6,10-11,15H,1-5,7-9,13H2. The fraction of sp³-hybridized carbons (Fsp3) is 0.833. The maximum atomic E-state index is 9.61. The van der Waals surface area contributed by atoms with E-state index in [0.29, 0.717) is 6.54 Å². The van der Waals surface area contributed by atoms with Gasteiger partial charge in [0.15, 0.2) is 0 Å². The number of nitrogens with zero attached hydrogens (tertiary/aromatic N) is 1. The lowest BCUT2D eigenvalue weighted by molar-refractivity contribution is 0.113. The highest BCUT2D eigenvalue weighted by atomic mass is 16.3. The molecule has 2 rings (SSSR count). The summed E-state index contributed by atoms with van der Waals surface area (Å²) >= 11 is 0. The summed E-state index contributed by atoms with van der Waals surface area (Å²) in [5, 5.41) is 9.61. The molecule has 1 saturated heterocycles. The number of nitrogens with two attached hydrogens (primary N) is 1. The van der Waals surface area contributed by atoms with E-state index in [2.05, 4.69) is 11.0 Å². The third-order valence-electron chi connectivity index (χ3n) is 3.58. The van der Waals surface area contributed by atoms with Crippen molar-refractivity contribution in [3.8, 4) is 0 Å². The normalized spacial score (nSPS) is 28.3. The minimum atomic E-state index is -0.369. The van der Waals surface area contributed by atoms with E-state index in [-0.39, 0.29) is 6.10 Å². The molecule has 0 aromatic heterocycles. The van der Waals surface area contributed by atoms with E-state index in [1.54, 1.807) is 0 Å². The average Bonchev–Trinajstić information content (AvgIpc) is 2.29. The summed E-state index contributed by atoms with van der Waals surface area (Å²) in [6, 6.07) is 0. The first-order valence-corrected chi connectivity index (χ1v) is 6.14. The zero-order valence-electron chi connectivity index (χ0n) is 9.36. The largest absolute Gasteiger partial charge is 0.390 e. The highest BCUT2D eigenvalue weighted by Gasteiger charge is 2.27. The summed E-state index contributed by atoms with van der Waals surface area (Å²) in [5.41, 5.74) is 6.95. The Bertz CT molecular complexity index is 240. The van der Waals surface area contributed by atoms with Crippen molar-refractivity contribution in [3.05, 3.63) is 11.8 Å². The molecule has 1 heterocycles. The number of rotatable bonds is 3. The van der Waals surface area contributed by atoms with E-state index < -0.39 is 0 Å². The highest BCUT2D eigenvalue weighted by molar-refractivity contribution is 5.11. The molecule has 3 N–H and O–H groups in total. The van der Waals surface area contributed by atoms with Crippen LogP contribution in [0.2, 0.25) is 0 Å². The fourth-order valence-electron chi connectivity index (χ4n) is 2.79. The minimum absolute atomic E-state index is 0.369. The van der Waals surface area contributed by atoms with Crippen molar-refractivity contribution in [1.29, 1.82) is 0 Å². The molecule has 1 aliphatic heterocycles. The number of allylic oxidation sites excluding steroid dienone is 2. The van der Waals surface area contributed by atoms with Crippen molar-refractivity contribution in [1.82, 2.24) is 4.90 Å². The molecule has 0 spiro atoms. The topological polar surface area (TPSA) is 49.5 Å². The quantitative estimate of drug-likeness (QED) is 0.733. The summed E-state index contributed by atoms with van der Waals surface area (Å²) in [6.07, 6.45) is 8.48. The van der Waals surface area contributed by atoms with Gasteiger partial charge in [0, 0.05) is 25.3 Å². The second-order valence-electron chi connectivity index (χ2n) is 4.73. The van der Waals surface area contributed by atoms with Crippen molar-refractivity contribution < 1.29 is 5.11 Å². The molecule has 1 fully saturated rings. The van der Waals surface area contributed by atoms with Gasteiger partial charge in [-0.05, 0) is 38.0 Å². The average molecular weight is 210 g/mol. The number of aliphatic hydroxyl groups excluding tert-OH is 1. The first-order valence-electron chi connectivity index (χ1n) is 6.14. The van der Waals surface area contributed by atoms with Gasteiger partial charge in [-0.1, -0.05) is 6.08 Å². The lowest BCUT2D eigenvalue weighted by atomic mass is 9.85. The molecule has 0 amide bonds. The molecule has 2 unspecified atom stereocenters. The predicted octanol–water partition coefficient (Wildman–Crippen LogP) is 1.09. The molecule has 0 aromatic rings. The third kappa shape index (κ3) is 2.52. The van der Waals surface area contributed by atoms with Gasteiger partial charge in [-0.3, -0.25) is 0 Å². The summed E-state index contributed by atoms with van der Waals surface area (Å²) in [4.78, 5) is 2.35. The third-order valence-corrected chi connectivity index (χ3v) is 3.58. The SMILES string of the molecule is NCC(O)CN1CCCC2CCCC=C21. The van der Waals surface area contributed by atoms with Crippen molar-refractivity contribution in [2.75, 3.05) is 19.6 Å². The molecule has 3 nitrogen and oxygen atoms in total. The Hall–Kier alpha value is -0.540. The van der Waals surface area contributed by atoms with Gasteiger partial charge in [0.2, 0.25) is 0 Å². The van der Waals surface area contributed by atoms with Gasteiger partial charge in [0.25, 0.3) is 0 Å². The van der Waals surface area contributed by atoms with Crippen LogP contribution in [-0.4, -0.2) is 35.7 Å². The summed E-state index contributed by atoms with van der Waals surface area (Å²) in [7, 11) is 0. The van der Waals surface area contributed by atoms with E-state index in [0.717, 1.165) is 19.0 Å². The summed E-state index contributed by atoms with van der Waals surface area (Å²) in [5.74, 6) is 0.762. The van der Waals surface area contributed by atoms with Gasteiger partial charge in [-0.2, -0.15) is 0 Å². The van der Waals surface area contributed by atoms with Crippen LogP contribution in [0, 0.1) is 5.92 Å². The molecule has 0 radical (unpaired) electrons. The molecule has 0 bridgehead atoms. The van der Waals surface area contributed by atoms with Gasteiger partial charge in [-0.25, -0.2) is 0 Å². The number of piperidine rings is 1. The number of hydrogen-bond acceptors (Lipinski definition) is 3. The number of β-amino-alcohol motifs (C(OH)–C–C–N with tert-alkyl or cyclic N) is 1. The van der Waals surface area contributed by atoms with Gasteiger partial charge in [0.05, 0.1) is 6.10 Å². The van der Waals surface area contributed by atoms with Gasteiger partial charge < -0.3 is 15.7 Å². The van der Waals surface area contributed by atoms with E-state index >= 15 is 0 Å². The number of likely N-dealkylation sites (tertiary alicyclic amines) is 1. The van der Waals surface area contributed by atoms with Crippen LogP contribution >= 0.6 is 0 Å². The van der Waals surface area contributed by atoms with Crippen LogP contribution in [0.4, 0.5) is 0 Å². The fourth-order valence-corrected chi connectivity index (χ4v) is 2.79. The van der Waals surface area contributed by atoms with Crippen LogP contribution in [0.3, 0.4) is 0 Å². The van der Waals surface area contributed by atoms with E-state index in [1.807, 2.05) is 0 Å². The van der Waals surface area contributed by atoms with Crippen molar-refractivity contribution in [3.63, 3.8) is 0 Å². The zero-order chi connectivity index (χ0) is 10.7. The van der Waals surface area contributed by atoms with Crippen LogP contribution in [-0.2, 0) is 0 Å². The van der Waals surface area contributed by atoms with Crippen LogP contribution in [0.25, 0.3) is 0 Å². The Kier molecular flexibility index (Phi) is 3.65. The van der Waals surface area contributed by atoms with Crippen LogP contribution in [0.15, 0.2) is 11.8 Å². The Balaban J connectivity index is 2.00.